The van der Waals surface area contributed by atoms with Gasteiger partial charge in [-0.1, -0.05) is 60.7 Å². The average Bonchev–Trinajstić information content (AvgIpc) is 3.31. The second kappa shape index (κ2) is 13.9. The Kier molecular flexibility index (Phi) is 9.83. The van der Waals surface area contributed by atoms with Gasteiger partial charge in [0.1, 0.15) is 19.0 Å². The Morgan fingerprint density at radius 3 is 1.43 bits per heavy atom. The quantitative estimate of drug-likeness (QED) is 0.181. The standard InChI is InChI=1S/C32H33NO7/c1-4-36-26-19-17-25(18-20-26)33-27(31(34)37-5-2)29(39-21-23-13-9-7-10-14-23)30(28(33)32(35)38-6-3)40-22-24-15-11-8-12-16-24/h7-20H,4-6,21-22H2,1-3H3. The summed E-state index contributed by atoms with van der Waals surface area (Å²) in [5, 5.41) is 0. The molecule has 8 nitrogen and oxygen atoms in total. The summed E-state index contributed by atoms with van der Waals surface area (Å²) < 4.78 is 30.5. The molecular weight excluding hydrogens is 510 g/mol. The van der Waals surface area contributed by atoms with Gasteiger partial charge in [-0.2, -0.15) is 0 Å². The molecule has 0 N–H and O–H groups in total. The SMILES string of the molecule is CCOC(=O)c1c(OCc2ccccc2)c(OCc2ccccc2)c(C(=O)OCC)n1-c1ccc(OCC)cc1. The van der Waals surface area contributed by atoms with Gasteiger partial charge in [-0.15, -0.1) is 0 Å². The highest BCUT2D eigenvalue weighted by atomic mass is 16.6. The number of carbonyl (C=O) groups is 2. The first-order valence-corrected chi connectivity index (χ1v) is 13.3. The highest BCUT2D eigenvalue weighted by Gasteiger charge is 2.36. The van der Waals surface area contributed by atoms with Crippen molar-refractivity contribution in [2.45, 2.75) is 34.0 Å². The third-order valence-electron chi connectivity index (χ3n) is 5.88. The smallest absolute Gasteiger partial charge is 0.359 e. The van der Waals surface area contributed by atoms with Crippen LogP contribution >= 0.6 is 0 Å². The maximum Gasteiger partial charge on any atom is 0.359 e. The second-order valence-electron chi connectivity index (χ2n) is 8.61. The lowest BCUT2D eigenvalue weighted by atomic mass is 10.2. The number of rotatable bonds is 13. The molecule has 4 aromatic rings. The van der Waals surface area contributed by atoms with Gasteiger partial charge in [0.05, 0.1) is 19.8 Å². The van der Waals surface area contributed by atoms with E-state index in [1.54, 1.807) is 38.1 Å². The number of aromatic nitrogens is 1. The molecule has 4 rings (SSSR count). The molecule has 40 heavy (non-hydrogen) atoms. The Morgan fingerprint density at radius 1 is 0.575 bits per heavy atom. The van der Waals surface area contributed by atoms with Gasteiger partial charge in [-0.25, -0.2) is 9.59 Å². The lowest BCUT2D eigenvalue weighted by Crippen LogP contribution is -2.17. The fraction of sp³-hybridized carbons (Fsp3) is 0.250. The Balaban J connectivity index is 1.93. The van der Waals surface area contributed by atoms with Crippen LogP contribution < -0.4 is 14.2 Å². The summed E-state index contributed by atoms with van der Waals surface area (Å²) in [5.41, 5.74) is 2.30. The van der Waals surface area contributed by atoms with Gasteiger partial charge >= 0.3 is 11.9 Å². The molecule has 0 amide bonds. The van der Waals surface area contributed by atoms with Crippen LogP contribution in [0.3, 0.4) is 0 Å². The molecule has 8 heteroatoms. The first-order valence-electron chi connectivity index (χ1n) is 13.3. The lowest BCUT2D eigenvalue weighted by Gasteiger charge is -2.13. The minimum absolute atomic E-state index is 0.0213. The van der Waals surface area contributed by atoms with Crippen molar-refractivity contribution >= 4 is 11.9 Å². The predicted molar refractivity (Wildman–Crippen MR) is 150 cm³/mol. The Hall–Kier alpha value is -4.72. The summed E-state index contributed by atoms with van der Waals surface area (Å²) in [6.07, 6.45) is 0. The number of carbonyl (C=O) groups excluding carboxylic acids is 2. The van der Waals surface area contributed by atoms with Crippen LogP contribution in [0.15, 0.2) is 84.9 Å². The fourth-order valence-electron chi connectivity index (χ4n) is 4.14. The van der Waals surface area contributed by atoms with Crippen LogP contribution in [0.4, 0.5) is 0 Å². The molecule has 0 atom stereocenters. The Labute approximate surface area is 234 Å². The highest BCUT2D eigenvalue weighted by Crippen LogP contribution is 2.42. The molecule has 0 aliphatic carbocycles. The maximum absolute atomic E-state index is 13.5. The first-order chi connectivity index (χ1) is 19.6. The van der Waals surface area contributed by atoms with E-state index in [1.165, 1.54) is 4.57 Å². The summed E-state index contributed by atoms with van der Waals surface area (Å²) in [5.74, 6) is -0.501. The van der Waals surface area contributed by atoms with Crippen LogP contribution in [0.5, 0.6) is 17.2 Å². The summed E-state index contributed by atoms with van der Waals surface area (Å²) in [6.45, 7) is 6.33. The minimum Gasteiger partial charge on any atom is -0.494 e. The van der Waals surface area contributed by atoms with E-state index >= 15 is 0 Å². The molecule has 0 fully saturated rings. The first kappa shape index (κ1) is 28.3. The van der Waals surface area contributed by atoms with E-state index in [0.717, 1.165) is 11.1 Å². The summed E-state index contributed by atoms with van der Waals surface area (Å²) >= 11 is 0. The largest absolute Gasteiger partial charge is 0.494 e. The molecule has 0 unspecified atom stereocenters. The lowest BCUT2D eigenvalue weighted by molar-refractivity contribution is 0.0506. The molecule has 208 valence electrons. The number of nitrogens with zero attached hydrogens (tertiary/aromatic N) is 1. The van der Waals surface area contributed by atoms with Crippen molar-refractivity contribution in [3.8, 4) is 22.9 Å². The van der Waals surface area contributed by atoms with Crippen LogP contribution in [0.1, 0.15) is 52.9 Å². The monoisotopic (exact) mass is 543 g/mol. The van der Waals surface area contributed by atoms with Gasteiger partial charge in [0.2, 0.25) is 0 Å². The number of hydrogen-bond acceptors (Lipinski definition) is 7. The van der Waals surface area contributed by atoms with Crippen molar-refractivity contribution in [1.82, 2.24) is 4.57 Å². The second-order valence-corrected chi connectivity index (χ2v) is 8.61. The van der Waals surface area contributed by atoms with E-state index in [4.69, 9.17) is 23.7 Å². The zero-order valence-corrected chi connectivity index (χ0v) is 22.9. The van der Waals surface area contributed by atoms with Crippen molar-refractivity contribution < 1.29 is 33.3 Å². The van der Waals surface area contributed by atoms with Crippen molar-refractivity contribution in [3.63, 3.8) is 0 Å². The molecule has 0 saturated carbocycles. The van der Waals surface area contributed by atoms with E-state index < -0.39 is 11.9 Å². The molecule has 0 aliphatic rings. The highest BCUT2D eigenvalue weighted by molar-refractivity contribution is 6.01. The summed E-state index contributed by atoms with van der Waals surface area (Å²) in [4.78, 5) is 27.0. The molecule has 0 radical (unpaired) electrons. The molecule has 1 heterocycles. The zero-order chi connectivity index (χ0) is 28.3. The maximum atomic E-state index is 13.5. The molecule has 0 spiro atoms. The Bertz CT molecular complexity index is 1310. The van der Waals surface area contributed by atoms with Crippen LogP contribution in [0.25, 0.3) is 5.69 Å². The van der Waals surface area contributed by atoms with Gasteiger partial charge in [0.25, 0.3) is 0 Å². The topological polar surface area (TPSA) is 85.2 Å². The van der Waals surface area contributed by atoms with Gasteiger partial charge in [0.15, 0.2) is 22.9 Å². The van der Waals surface area contributed by atoms with Gasteiger partial charge in [-0.3, -0.25) is 4.57 Å². The van der Waals surface area contributed by atoms with E-state index in [-0.39, 0.29) is 49.3 Å². The Morgan fingerprint density at radius 2 is 1.02 bits per heavy atom. The zero-order valence-electron chi connectivity index (χ0n) is 22.9. The van der Waals surface area contributed by atoms with Crippen LogP contribution in [-0.4, -0.2) is 36.3 Å². The van der Waals surface area contributed by atoms with Crippen molar-refractivity contribution in [2.24, 2.45) is 0 Å². The van der Waals surface area contributed by atoms with Crippen LogP contribution in [-0.2, 0) is 22.7 Å². The molecule has 1 aromatic heterocycles. The van der Waals surface area contributed by atoms with Gasteiger partial charge in [0, 0.05) is 5.69 Å². The number of hydrogen-bond donors (Lipinski definition) is 0. The van der Waals surface area contributed by atoms with E-state index in [0.29, 0.717) is 18.0 Å². The number of ether oxygens (including phenoxy) is 5. The van der Waals surface area contributed by atoms with Crippen molar-refractivity contribution in [2.75, 3.05) is 19.8 Å². The predicted octanol–water partition coefficient (Wildman–Crippen LogP) is 6.39. The third kappa shape index (κ3) is 6.64. The molecule has 0 bridgehead atoms. The van der Waals surface area contributed by atoms with E-state index in [1.807, 2.05) is 67.6 Å². The number of esters is 2. The van der Waals surface area contributed by atoms with Crippen molar-refractivity contribution in [1.29, 1.82) is 0 Å². The van der Waals surface area contributed by atoms with Crippen LogP contribution in [0.2, 0.25) is 0 Å². The molecule has 0 saturated heterocycles. The van der Waals surface area contributed by atoms with E-state index in [9.17, 15) is 9.59 Å². The van der Waals surface area contributed by atoms with Crippen LogP contribution in [0, 0.1) is 0 Å². The molecule has 0 aliphatic heterocycles. The summed E-state index contributed by atoms with van der Waals surface area (Å²) in [6, 6.07) is 26.0. The third-order valence-corrected chi connectivity index (χ3v) is 5.88. The van der Waals surface area contributed by atoms with Gasteiger partial charge in [-0.05, 0) is 56.2 Å². The summed E-state index contributed by atoms with van der Waals surface area (Å²) in [7, 11) is 0. The number of benzene rings is 3. The van der Waals surface area contributed by atoms with E-state index in [2.05, 4.69) is 0 Å². The van der Waals surface area contributed by atoms with Crippen molar-refractivity contribution in [3.05, 3.63) is 107 Å². The van der Waals surface area contributed by atoms with Gasteiger partial charge < -0.3 is 23.7 Å². The normalized spacial score (nSPS) is 10.6. The molecular formula is C32H33NO7. The molecule has 3 aromatic carbocycles. The minimum atomic E-state index is -0.667. The fourth-order valence-corrected chi connectivity index (χ4v) is 4.14. The average molecular weight is 544 g/mol.